The van der Waals surface area contributed by atoms with E-state index in [2.05, 4.69) is 5.32 Å². The van der Waals surface area contributed by atoms with E-state index < -0.39 is 0 Å². The second-order valence-electron chi connectivity index (χ2n) is 4.17. The Morgan fingerprint density at radius 1 is 0.923 bits per heavy atom. The maximum Gasteiger partial charge on any atom is 0.226 e. The fourth-order valence-corrected chi connectivity index (χ4v) is 0.999. The molecule has 0 fully saturated rings. The monoisotopic (exact) mass is 185 g/mol. The summed E-state index contributed by atoms with van der Waals surface area (Å²) in [6.45, 7) is 7.80. The third kappa shape index (κ3) is 7.50. The second-order valence-corrected chi connectivity index (χ2v) is 4.17. The van der Waals surface area contributed by atoms with Crippen molar-refractivity contribution in [1.29, 1.82) is 0 Å². The first kappa shape index (κ1) is 12.1. The maximum absolute atomic E-state index is 11.1. The summed E-state index contributed by atoms with van der Waals surface area (Å²) in [7, 11) is 0. The first-order chi connectivity index (χ1) is 5.91. The van der Waals surface area contributed by atoms with E-state index in [0.29, 0.717) is 24.7 Å². The lowest BCUT2D eigenvalue weighted by molar-refractivity contribution is -0.131. The number of carbonyl (C=O) groups is 2. The number of nitrogens with one attached hydrogen (secondary N) is 1. The predicted octanol–water partition coefficient (Wildman–Crippen LogP) is 1.72. The third-order valence-corrected chi connectivity index (χ3v) is 1.47. The van der Waals surface area contributed by atoms with Crippen molar-refractivity contribution in [2.45, 2.75) is 40.5 Å². The molecular weight excluding hydrogens is 166 g/mol. The summed E-state index contributed by atoms with van der Waals surface area (Å²) in [4.78, 5) is 22.2. The van der Waals surface area contributed by atoms with Crippen LogP contribution in [0, 0.1) is 11.8 Å². The zero-order valence-corrected chi connectivity index (χ0v) is 8.89. The summed E-state index contributed by atoms with van der Waals surface area (Å²) in [5.74, 6) is 0.264. The van der Waals surface area contributed by atoms with Crippen LogP contribution in [0.5, 0.6) is 0 Å². The van der Waals surface area contributed by atoms with Crippen LogP contribution in [-0.2, 0) is 9.59 Å². The fraction of sp³-hybridized carbons (Fsp3) is 0.800. The zero-order chi connectivity index (χ0) is 10.4. The van der Waals surface area contributed by atoms with Crippen LogP contribution < -0.4 is 5.32 Å². The van der Waals surface area contributed by atoms with Gasteiger partial charge in [0.05, 0.1) is 0 Å². The topological polar surface area (TPSA) is 46.2 Å². The summed E-state index contributed by atoms with van der Waals surface area (Å²) >= 11 is 0. The van der Waals surface area contributed by atoms with Crippen LogP contribution in [0.2, 0.25) is 0 Å². The van der Waals surface area contributed by atoms with Gasteiger partial charge in [0.25, 0.3) is 0 Å². The number of imide groups is 1. The van der Waals surface area contributed by atoms with Gasteiger partial charge in [-0.1, -0.05) is 27.7 Å². The highest BCUT2D eigenvalue weighted by Crippen LogP contribution is 2.01. The lowest BCUT2D eigenvalue weighted by Crippen LogP contribution is -2.31. The standard InChI is InChI=1S/C10H19NO2/c1-7(2)5-9(12)11-10(13)6-8(3)4/h7-8H,5-6H2,1-4H3,(H,11,12,13). The van der Waals surface area contributed by atoms with Crippen molar-refractivity contribution in [1.82, 2.24) is 5.32 Å². The summed E-state index contributed by atoms with van der Waals surface area (Å²) in [6.07, 6.45) is 0.841. The molecule has 0 saturated heterocycles. The smallest absolute Gasteiger partial charge is 0.226 e. The van der Waals surface area contributed by atoms with Gasteiger partial charge in [0.15, 0.2) is 0 Å². The fourth-order valence-electron chi connectivity index (χ4n) is 0.999. The quantitative estimate of drug-likeness (QED) is 0.725. The van der Waals surface area contributed by atoms with E-state index in [4.69, 9.17) is 0 Å². The highest BCUT2D eigenvalue weighted by molar-refractivity contribution is 5.95. The lowest BCUT2D eigenvalue weighted by Gasteiger charge is -2.07. The van der Waals surface area contributed by atoms with Crippen molar-refractivity contribution in [3.8, 4) is 0 Å². The number of carbonyl (C=O) groups excluding carboxylic acids is 2. The molecule has 0 heterocycles. The SMILES string of the molecule is CC(C)CC(=O)NC(=O)CC(C)C. The summed E-state index contributed by atoms with van der Waals surface area (Å²) in [5.41, 5.74) is 0. The van der Waals surface area contributed by atoms with Crippen LogP contribution in [0.1, 0.15) is 40.5 Å². The van der Waals surface area contributed by atoms with Gasteiger partial charge in [-0.15, -0.1) is 0 Å². The van der Waals surface area contributed by atoms with Crippen molar-refractivity contribution >= 4 is 11.8 Å². The number of amides is 2. The van der Waals surface area contributed by atoms with E-state index >= 15 is 0 Å². The number of hydrogen-bond acceptors (Lipinski definition) is 2. The molecule has 0 aromatic rings. The van der Waals surface area contributed by atoms with Crippen molar-refractivity contribution in [2.24, 2.45) is 11.8 Å². The molecule has 76 valence electrons. The maximum atomic E-state index is 11.1. The van der Waals surface area contributed by atoms with E-state index in [1.165, 1.54) is 0 Å². The highest BCUT2D eigenvalue weighted by Gasteiger charge is 2.10. The van der Waals surface area contributed by atoms with Gasteiger partial charge in [-0.2, -0.15) is 0 Å². The minimum atomic E-state index is -0.166. The van der Waals surface area contributed by atoms with Gasteiger partial charge in [0.1, 0.15) is 0 Å². The molecule has 0 atom stereocenters. The summed E-state index contributed by atoms with van der Waals surface area (Å²) < 4.78 is 0. The molecule has 0 unspecified atom stereocenters. The summed E-state index contributed by atoms with van der Waals surface area (Å²) in [5, 5.41) is 2.36. The van der Waals surface area contributed by atoms with E-state index in [0.717, 1.165) is 0 Å². The Morgan fingerprint density at radius 3 is 1.46 bits per heavy atom. The van der Waals surface area contributed by atoms with E-state index in [9.17, 15) is 9.59 Å². The average molecular weight is 185 g/mol. The first-order valence-corrected chi connectivity index (χ1v) is 4.74. The van der Waals surface area contributed by atoms with Gasteiger partial charge in [0.2, 0.25) is 11.8 Å². The van der Waals surface area contributed by atoms with Crippen molar-refractivity contribution in [2.75, 3.05) is 0 Å². The van der Waals surface area contributed by atoms with E-state index in [1.807, 2.05) is 27.7 Å². The molecule has 0 aliphatic heterocycles. The van der Waals surface area contributed by atoms with Crippen LogP contribution in [0.25, 0.3) is 0 Å². The molecule has 13 heavy (non-hydrogen) atoms. The molecule has 3 heteroatoms. The number of hydrogen-bond donors (Lipinski definition) is 1. The molecule has 0 aliphatic rings. The molecule has 0 saturated carbocycles. The van der Waals surface area contributed by atoms with Gasteiger partial charge in [-0.3, -0.25) is 14.9 Å². The molecule has 0 bridgehead atoms. The average Bonchev–Trinajstić information content (AvgIpc) is 1.80. The molecule has 0 aromatic carbocycles. The first-order valence-electron chi connectivity index (χ1n) is 4.74. The van der Waals surface area contributed by atoms with Crippen molar-refractivity contribution < 1.29 is 9.59 Å². The van der Waals surface area contributed by atoms with Crippen LogP contribution in [0.3, 0.4) is 0 Å². The Bertz CT molecular complexity index is 165. The molecule has 0 rings (SSSR count). The van der Waals surface area contributed by atoms with Crippen LogP contribution in [-0.4, -0.2) is 11.8 Å². The normalized spacial score (nSPS) is 10.6. The van der Waals surface area contributed by atoms with Gasteiger partial charge in [-0.05, 0) is 11.8 Å². The molecule has 0 aromatic heterocycles. The van der Waals surface area contributed by atoms with Crippen LogP contribution in [0.15, 0.2) is 0 Å². The highest BCUT2D eigenvalue weighted by atomic mass is 16.2. The minimum absolute atomic E-state index is 0.166. The van der Waals surface area contributed by atoms with Crippen molar-refractivity contribution in [3.63, 3.8) is 0 Å². The molecule has 0 radical (unpaired) electrons. The molecular formula is C10H19NO2. The minimum Gasteiger partial charge on any atom is -0.296 e. The lowest BCUT2D eigenvalue weighted by atomic mass is 10.1. The molecule has 0 aliphatic carbocycles. The van der Waals surface area contributed by atoms with Crippen molar-refractivity contribution in [3.05, 3.63) is 0 Å². The van der Waals surface area contributed by atoms with Gasteiger partial charge < -0.3 is 0 Å². The molecule has 3 nitrogen and oxygen atoms in total. The Morgan fingerprint density at radius 2 is 1.23 bits per heavy atom. The van der Waals surface area contributed by atoms with E-state index in [1.54, 1.807) is 0 Å². The molecule has 1 N–H and O–H groups in total. The van der Waals surface area contributed by atoms with Gasteiger partial charge >= 0.3 is 0 Å². The summed E-state index contributed by atoms with van der Waals surface area (Å²) in [6, 6.07) is 0. The molecule has 2 amide bonds. The van der Waals surface area contributed by atoms with E-state index in [-0.39, 0.29) is 11.8 Å². The Balaban J connectivity index is 3.72. The second kappa shape index (κ2) is 5.73. The largest absolute Gasteiger partial charge is 0.296 e. The number of rotatable bonds is 4. The van der Waals surface area contributed by atoms with Crippen LogP contribution in [0.4, 0.5) is 0 Å². The Kier molecular flexibility index (Phi) is 5.35. The van der Waals surface area contributed by atoms with Crippen LogP contribution >= 0.6 is 0 Å². The molecule has 0 spiro atoms. The van der Waals surface area contributed by atoms with Gasteiger partial charge in [0, 0.05) is 12.8 Å². The Hall–Kier alpha value is -0.860. The zero-order valence-electron chi connectivity index (χ0n) is 8.89. The predicted molar refractivity (Wildman–Crippen MR) is 52.1 cm³/mol. The third-order valence-electron chi connectivity index (χ3n) is 1.47. The van der Waals surface area contributed by atoms with Gasteiger partial charge in [-0.25, -0.2) is 0 Å². The Labute approximate surface area is 79.9 Å².